The van der Waals surface area contributed by atoms with E-state index in [1.54, 1.807) is 11.9 Å². The van der Waals surface area contributed by atoms with Gasteiger partial charge >= 0.3 is 0 Å². The molecule has 2 N–H and O–H groups in total. The Kier molecular flexibility index (Phi) is 3.80. The molecule has 0 saturated carbocycles. The number of benzene rings is 1. The van der Waals surface area contributed by atoms with Gasteiger partial charge in [0.05, 0.1) is 18.7 Å². The Hall–Kier alpha value is -1.55. The zero-order valence-corrected chi connectivity index (χ0v) is 11.9. The van der Waals surface area contributed by atoms with Crippen molar-refractivity contribution < 1.29 is 9.53 Å². The topological polar surface area (TPSA) is 55.6 Å². The molecule has 2 rings (SSSR count). The zero-order chi connectivity index (χ0) is 14.0. The minimum absolute atomic E-state index is 0.0579. The van der Waals surface area contributed by atoms with Gasteiger partial charge in [-0.05, 0) is 36.1 Å². The van der Waals surface area contributed by atoms with E-state index >= 15 is 0 Å². The molecule has 1 aromatic carbocycles. The molecule has 1 aliphatic heterocycles. The van der Waals surface area contributed by atoms with Gasteiger partial charge in [-0.2, -0.15) is 0 Å². The van der Waals surface area contributed by atoms with Crippen LogP contribution in [-0.2, 0) is 11.2 Å². The Bertz CT molecular complexity index is 483. The first-order chi connectivity index (χ1) is 8.93. The first kappa shape index (κ1) is 13.9. The number of amides is 1. The highest BCUT2D eigenvalue weighted by Gasteiger charge is 2.22. The molecule has 0 spiro atoms. The van der Waals surface area contributed by atoms with E-state index in [1.807, 2.05) is 12.1 Å². The molecule has 0 unspecified atom stereocenters. The summed E-state index contributed by atoms with van der Waals surface area (Å²) < 4.78 is 5.61. The van der Waals surface area contributed by atoms with Gasteiger partial charge in [0.25, 0.3) is 0 Å². The second-order valence-electron chi connectivity index (χ2n) is 5.90. The molecular weight excluding hydrogens is 240 g/mol. The van der Waals surface area contributed by atoms with Crippen molar-refractivity contribution in [2.75, 3.05) is 25.1 Å². The molecule has 0 atom stereocenters. The van der Waals surface area contributed by atoms with Gasteiger partial charge in [0, 0.05) is 7.05 Å². The van der Waals surface area contributed by atoms with E-state index < -0.39 is 0 Å². The van der Waals surface area contributed by atoms with Gasteiger partial charge < -0.3 is 15.4 Å². The fraction of sp³-hybridized carbons (Fsp3) is 0.533. The van der Waals surface area contributed by atoms with Crippen LogP contribution in [0.25, 0.3) is 0 Å². The summed E-state index contributed by atoms with van der Waals surface area (Å²) in [4.78, 5) is 13.5. The number of nitrogens with zero attached hydrogens (tertiary/aromatic N) is 1. The Labute approximate surface area is 114 Å². The summed E-state index contributed by atoms with van der Waals surface area (Å²) in [6, 6.07) is 6.04. The molecule has 0 bridgehead atoms. The number of anilines is 1. The predicted octanol–water partition coefficient (Wildman–Crippen LogP) is 1.96. The number of hydrogen-bond donors (Lipinski definition) is 1. The maximum absolute atomic E-state index is 11.9. The quantitative estimate of drug-likeness (QED) is 0.906. The Morgan fingerprint density at radius 3 is 2.84 bits per heavy atom. The van der Waals surface area contributed by atoms with E-state index in [0.717, 1.165) is 17.9 Å². The van der Waals surface area contributed by atoms with Crippen molar-refractivity contribution in [1.82, 2.24) is 0 Å². The van der Waals surface area contributed by atoms with Gasteiger partial charge in [-0.15, -0.1) is 0 Å². The molecule has 104 valence electrons. The molecule has 1 aliphatic rings. The highest BCUT2D eigenvalue weighted by Crippen LogP contribution is 2.33. The Balaban J connectivity index is 2.31. The summed E-state index contributed by atoms with van der Waals surface area (Å²) in [5.41, 5.74) is 7.87. The van der Waals surface area contributed by atoms with Crippen molar-refractivity contribution in [2.24, 2.45) is 11.1 Å². The van der Waals surface area contributed by atoms with Gasteiger partial charge in [-0.25, -0.2) is 0 Å². The Morgan fingerprint density at radius 2 is 2.16 bits per heavy atom. The maximum Gasteiger partial charge on any atom is 0.230 e. The molecule has 0 fully saturated rings. The lowest BCUT2D eigenvalue weighted by atomic mass is 9.86. The SMILES string of the molecule is CN1C(=O)CCOc2ccc(CC(C)(C)CN)cc21. The summed E-state index contributed by atoms with van der Waals surface area (Å²) in [6.45, 7) is 5.37. The van der Waals surface area contributed by atoms with Crippen molar-refractivity contribution >= 4 is 11.6 Å². The number of fused-ring (bicyclic) bond motifs is 1. The summed E-state index contributed by atoms with van der Waals surface area (Å²) in [5.74, 6) is 0.872. The minimum Gasteiger partial charge on any atom is -0.491 e. The Morgan fingerprint density at radius 1 is 1.42 bits per heavy atom. The number of rotatable bonds is 3. The number of carbonyl (C=O) groups is 1. The lowest BCUT2D eigenvalue weighted by Crippen LogP contribution is -2.27. The number of hydrogen-bond acceptors (Lipinski definition) is 3. The van der Waals surface area contributed by atoms with Gasteiger partial charge in [0.1, 0.15) is 5.75 Å². The summed E-state index contributed by atoms with van der Waals surface area (Å²) in [5, 5.41) is 0. The van der Waals surface area contributed by atoms with Crippen LogP contribution in [0.1, 0.15) is 25.8 Å². The van der Waals surface area contributed by atoms with E-state index in [0.29, 0.717) is 19.6 Å². The van der Waals surface area contributed by atoms with Crippen molar-refractivity contribution in [1.29, 1.82) is 0 Å². The summed E-state index contributed by atoms with van der Waals surface area (Å²) in [7, 11) is 1.80. The maximum atomic E-state index is 11.9. The van der Waals surface area contributed by atoms with Crippen LogP contribution in [-0.4, -0.2) is 26.1 Å². The normalized spacial score (nSPS) is 15.8. The largest absolute Gasteiger partial charge is 0.491 e. The van der Waals surface area contributed by atoms with E-state index in [2.05, 4.69) is 19.9 Å². The molecule has 4 heteroatoms. The predicted molar refractivity (Wildman–Crippen MR) is 76.5 cm³/mol. The third-order valence-electron chi connectivity index (χ3n) is 3.57. The second-order valence-corrected chi connectivity index (χ2v) is 5.90. The first-order valence-corrected chi connectivity index (χ1v) is 6.65. The molecule has 19 heavy (non-hydrogen) atoms. The first-order valence-electron chi connectivity index (χ1n) is 6.65. The van der Waals surface area contributed by atoms with Crippen LogP contribution >= 0.6 is 0 Å². The lowest BCUT2D eigenvalue weighted by Gasteiger charge is -2.24. The minimum atomic E-state index is 0.0579. The van der Waals surface area contributed by atoms with E-state index in [9.17, 15) is 4.79 Å². The van der Waals surface area contributed by atoms with Crippen LogP contribution in [0.2, 0.25) is 0 Å². The van der Waals surface area contributed by atoms with Crippen molar-refractivity contribution in [3.63, 3.8) is 0 Å². The molecule has 0 radical (unpaired) electrons. The number of carbonyl (C=O) groups excluding carboxylic acids is 1. The molecule has 1 aromatic rings. The van der Waals surface area contributed by atoms with Crippen molar-refractivity contribution in [3.05, 3.63) is 23.8 Å². The fourth-order valence-corrected chi connectivity index (χ4v) is 2.23. The van der Waals surface area contributed by atoms with Crippen LogP contribution in [0, 0.1) is 5.41 Å². The lowest BCUT2D eigenvalue weighted by molar-refractivity contribution is -0.118. The molecule has 0 aromatic heterocycles. The van der Waals surface area contributed by atoms with Crippen LogP contribution in [0.4, 0.5) is 5.69 Å². The third kappa shape index (κ3) is 3.07. The van der Waals surface area contributed by atoms with Gasteiger partial charge in [-0.3, -0.25) is 4.79 Å². The second kappa shape index (κ2) is 5.21. The smallest absolute Gasteiger partial charge is 0.230 e. The van der Waals surface area contributed by atoms with Crippen molar-refractivity contribution in [2.45, 2.75) is 26.7 Å². The molecule has 1 heterocycles. The van der Waals surface area contributed by atoms with Crippen LogP contribution in [0.3, 0.4) is 0 Å². The van der Waals surface area contributed by atoms with Crippen LogP contribution in [0.15, 0.2) is 18.2 Å². The van der Waals surface area contributed by atoms with E-state index in [4.69, 9.17) is 10.5 Å². The average molecular weight is 262 g/mol. The average Bonchev–Trinajstić information content (AvgIpc) is 2.51. The third-order valence-corrected chi connectivity index (χ3v) is 3.57. The van der Waals surface area contributed by atoms with Gasteiger partial charge in [0.15, 0.2) is 0 Å². The van der Waals surface area contributed by atoms with Crippen molar-refractivity contribution in [3.8, 4) is 5.75 Å². The molecule has 0 saturated heterocycles. The molecule has 4 nitrogen and oxygen atoms in total. The standard InChI is InChI=1S/C15H22N2O2/c1-15(2,10-16)9-11-4-5-13-12(8-11)17(3)14(18)6-7-19-13/h4-5,8H,6-7,9-10,16H2,1-3H3. The van der Waals surface area contributed by atoms with Crippen LogP contribution < -0.4 is 15.4 Å². The molecule has 1 amide bonds. The summed E-state index contributed by atoms with van der Waals surface area (Å²) in [6.07, 6.45) is 1.31. The fourth-order valence-electron chi connectivity index (χ4n) is 2.23. The molecule has 0 aliphatic carbocycles. The number of nitrogens with two attached hydrogens (primary N) is 1. The highest BCUT2D eigenvalue weighted by molar-refractivity contribution is 5.95. The van der Waals surface area contributed by atoms with Gasteiger partial charge in [0.2, 0.25) is 5.91 Å². The van der Waals surface area contributed by atoms with Gasteiger partial charge in [-0.1, -0.05) is 19.9 Å². The van der Waals surface area contributed by atoms with Crippen LogP contribution in [0.5, 0.6) is 5.75 Å². The molecular formula is C15H22N2O2. The van der Waals surface area contributed by atoms with E-state index in [-0.39, 0.29) is 11.3 Å². The number of ether oxygens (including phenoxy) is 1. The van der Waals surface area contributed by atoms with E-state index in [1.165, 1.54) is 5.56 Å². The highest BCUT2D eigenvalue weighted by atomic mass is 16.5. The zero-order valence-electron chi connectivity index (χ0n) is 11.9. The summed E-state index contributed by atoms with van der Waals surface area (Å²) >= 11 is 0. The monoisotopic (exact) mass is 262 g/mol.